The number of rotatable bonds is 4. The van der Waals surface area contributed by atoms with Gasteiger partial charge in [0.2, 0.25) is 0 Å². The highest BCUT2D eigenvalue weighted by Gasteiger charge is 2.27. The Kier molecular flexibility index (Phi) is 4.77. The molecule has 1 atom stereocenters. The predicted molar refractivity (Wildman–Crippen MR) is 75.9 cm³/mol. The SMILES string of the molecule is O=C(N1CCOCC1)N(Cc1ccco1)C[C@H]1CCCO1. The fourth-order valence-corrected chi connectivity index (χ4v) is 2.79. The Morgan fingerprint density at radius 1 is 1.33 bits per heavy atom. The predicted octanol–water partition coefficient (Wildman–Crippen LogP) is 1.71. The van der Waals surface area contributed by atoms with Crippen molar-refractivity contribution in [1.29, 1.82) is 0 Å². The number of ether oxygens (including phenoxy) is 2. The van der Waals surface area contributed by atoms with E-state index in [0.717, 1.165) is 25.2 Å². The molecule has 2 aliphatic rings. The maximum absolute atomic E-state index is 12.7. The minimum absolute atomic E-state index is 0.0465. The second-order valence-corrected chi connectivity index (χ2v) is 5.48. The average Bonchev–Trinajstić information content (AvgIpc) is 3.20. The summed E-state index contributed by atoms with van der Waals surface area (Å²) in [6.45, 7) is 4.43. The van der Waals surface area contributed by atoms with Gasteiger partial charge in [0.15, 0.2) is 0 Å². The smallest absolute Gasteiger partial charge is 0.320 e. The van der Waals surface area contributed by atoms with E-state index in [1.807, 2.05) is 21.9 Å². The quantitative estimate of drug-likeness (QED) is 0.848. The summed E-state index contributed by atoms with van der Waals surface area (Å²) in [6.07, 6.45) is 3.87. The topological polar surface area (TPSA) is 55.2 Å². The number of urea groups is 1. The number of hydrogen-bond donors (Lipinski definition) is 0. The van der Waals surface area contributed by atoms with Crippen LogP contribution in [0.25, 0.3) is 0 Å². The van der Waals surface area contributed by atoms with Crippen LogP contribution in [0.15, 0.2) is 22.8 Å². The summed E-state index contributed by atoms with van der Waals surface area (Å²) in [5.41, 5.74) is 0. The molecule has 3 heterocycles. The second kappa shape index (κ2) is 6.95. The van der Waals surface area contributed by atoms with E-state index < -0.39 is 0 Å². The van der Waals surface area contributed by atoms with Gasteiger partial charge in [-0.3, -0.25) is 0 Å². The van der Waals surface area contributed by atoms with Gasteiger partial charge >= 0.3 is 6.03 Å². The van der Waals surface area contributed by atoms with E-state index >= 15 is 0 Å². The first kappa shape index (κ1) is 14.4. The highest BCUT2D eigenvalue weighted by molar-refractivity contribution is 5.74. The first-order valence-electron chi connectivity index (χ1n) is 7.58. The van der Waals surface area contributed by atoms with Crippen molar-refractivity contribution in [1.82, 2.24) is 9.80 Å². The molecule has 0 aromatic carbocycles. The molecule has 6 nitrogen and oxygen atoms in total. The Bertz CT molecular complexity index is 437. The summed E-state index contributed by atoms with van der Waals surface area (Å²) in [4.78, 5) is 16.4. The van der Waals surface area contributed by atoms with Crippen molar-refractivity contribution < 1.29 is 18.7 Å². The van der Waals surface area contributed by atoms with Crippen LogP contribution in [0.5, 0.6) is 0 Å². The van der Waals surface area contributed by atoms with E-state index in [2.05, 4.69) is 0 Å². The lowest BCUT2D eigenvalue weighted by Crippen LogP contribution is -2.49. The third-order valence-corrected chi connectivity index (χ3v) is 3.93. The van der Waals surface area contributed by atoms with Gasteiger partial charge in [-0.1, -0.05) is 0 Å². The summed E-state index contributed by atoms with van der Waals surface area (Å²) in [5.74, 6) is 0.801. The monoisotopic (exact) mass is 294 g/mol. The molecule has 0 bridgehead atoms. The lowest BCUT2D eigenvalue weighted by Gasteiger charge is -2.33. The fourth-order valence-electron chi connectivity index (χ4n) is 2.79. The summed E-state index contributed by atoms with van der Waals surface area (Å²) >= 11 is 0. The van der Waals surface area contributed by atoms with Crippen LogP contribution >= 0.6 is 0 Å². The van der Waals surface area contributed by atoms with Crippen molar-refractivity contribution in [2.45, 2.75) is 25.5 Å². The number of morpholine rings is 1. The van der Waals surface area contributed by atoms with E-state index in [1.165, 1.54) is 0 Å². The van der Waals surface area contributed by atoms with Gasteiger partial charge in [-0.2, -0.15) is 0 Å². The molecule has 0 saturated carbocycles. The van der Waals surface area contributed by atoms with E-state index in [9.17, 15) is 4.79 Å². The van der Waals surface area contributed by atoms with E-state index in [4.69, 9.17) is 13.9 Å². The van der Waals surface area contributed by atoms with Gasteiger partial charge in [-0.05, 0) is 25.0 Å². The van der Waals surface area contributed by atoms with Crippen LogP contribution in [0.1, 0.15) is 18.6 Å². The molecule has 21 heavy (non-hydrogen) atoms. The van der Waals surface area contributed by atoms with Gasteiger partial charge in [-0.25, -0.2) is 4.79 Å². The van der Waals surface area contributed by atoms with Crippen molar-refractivity contribution in [3.63, 3.8) is 0 Å². The molecule has 0 unspecified atom stereocenters. The summed E-state index contributed by atoms with van der Waals surface area (Å²) in [5, 5.41) is 0. The van der Waals surface area contributed by atoms with Gasteiger partial charge in [0.1, 0.15) is 5.76 Å². The largest absolute Gasteiger partial charge is 0.467 e. The lowest BCUT2D eigenvalue weighted by molar-refractivity contribution is 0.0317. The van der Waals surface area contributed by atoms with Crippen LogP contribution in [0, 0.1) is 0 Å². The highest BCUT2D eigenvalue weighted by atomic mass is 16.5. The Morgan fingerprint density at radius 3 is 2.86 bits per heavy atom. The van der Waals surface area contributed by atoms with Gasteiger partial charge in [0.25, 0.3) is 0 Å². The number of nitrogens with zero attached hydrogens (tertiary/aromatic N) is 2. The molecular formula is C15H22N2O4. The minimum Gasteiger partial charge on any atom is -0.467 e. The maximum atomic E-state index is 12.7. The Balaban J connectivity index is 1.65. The third kappa shape index (κ3) is 3.77. The fraction of sp³-hybridized carbons (Fsp3) is 0.667. The lowest BCUT2D eigenvalue weighted by atomic mass is 10.2. The number of amides is 2. The number of carbonyl (C=O) groups is 1. The van der Waals surface area contributed by atoms with Crippen LogP contribution in [-0.4, -0.2) is 61.4 Å². The van der Waals surface area contributed by atoms with Gasteiger partial charge < -0.3 is 23.7 Å². The first-order valence-corrected chi connectivity index (χ1v) is 7.58. The van der Waals surface area contributed by atoms with Crippen LogP contribution in [0.3, 0.4) is 0 Å². The molecular weight excluding hydrogens is 272 g/mol. The van der Waals surface area contributed by atoms with Crippen molar-refractivity contribution in [3.8, 4) is 0 Å². The molecule has 1 aromatic rings. The summed E-state index contributed by atoms with van der Waals surface area (Å²) in [6, 6.07) is 3.79. The molecule has 2 aliphatic heterocycles. The summed E-state index contributed by atoms with van der Waals surface area (Å²) in [7, 11) is 0. The second-order valence-electron chi connectivity index (χ2n) is 5.48. The minimum atomic E-state index is 0.0465. The van der Waals surface area contributed by atoms with Crippen LogP contribution in [-0.2, 0) is 16.0 Å². The Labute approximate surface area is 124 Å². The molecule has 0 aliphatic carbocycles. The standard InChI is InChI=1S/C15H22N2O4/c18-15(16-5-9-19-10-6-16)17(11-13-3-1-7-20-13)12-14-4-2-8-21-14/h1,3,7,14H,2,4-6,8-12H2/t14-/m1/s1. The first-order chi connectivity index (χ1) is 10.3. The molecule has 0 radical (unpaired) electrons. The molecule has 2 saturated heterocycles. The number of carbonyl (C=O) groups excluding carboxylic acids is 1. The maximum Gasteiger partial charge on any atom is 0.320 e. The van der Waals surface area contributed by atoms with Crippen molar-refractivity contribution in [3.05, 3.63) is 24.2 Å². The molecule has 0 N–H and O–H groups in total. The van der Waals surface area contributed by atoms with Crippen molar-refractivity contribution >= 4 is 6.03 Å². The molecule has 0 spiro atoms. The molecule has 2 amide bonds. The number of furan rings is 1. The zero-order valence-corrected chi connectivity index (χ0v) is 12.2. The van der Waals surface area contributed by atoms with E-state index in [0.29, 0.717) is 39.4 Å². The Hall–Kier alpha value is -1.53. The van der Waals surface area contributed by atoms with Gasteiger partial charge in [-0.15, -0.1) is 0 Å². The number of hydrogen-bond acceptors (Lipinski definition) is 4. The van der Waals surface area contributed by atoms with Gasteiger partial charge in [0.05, 0.1) is 32.1 Å². The summed E-state index contributed by atoms with van der Waals surface area (Å²) < 4.78 is 16.4. The molecule has 2 fully saturated rings. The Morgan fingerprint density at radius 2 is 2.19 bits per heavy atom. The molecule has 3 rings (SSSR count). The van der Waals surface area contributed by atoms with Crippen LogP contribution < -0.4 is 0 Å². The van der Waals surface area contributed by atoms with Crippen molar-refractivity contribution in [2.24, 2.45) is 0 Å². The van der Waals surface area contributed by atoms with Crippen LogP contribution in [0.4, 0.5) is 4.79 Å². The highest BCUT2D eigenvalue weighted by Crippen LogP contribution is 2.17. The molecule has 116 valence electrons. The van der Waals surface area contributed by atoms with Gasteiger partial charge in [0, 0.05) is 26.2 Å². The van der Waals surface area contributed by atoms with E-state index in [1.54, 1.807) is 6.26 Å². The van der Waals surface area contributed by atoms with Crippen molar-refractivity contribution in [2.75, 3.05) is 39.5 Å². The van der Waals surface area contributed by atoms with E-state index in [-0.39, 0.29) is 12.1 Å². The zero-order valence-electron chi connectivity index (χ0n) is 12.2. The zero-order chi connectivity index (χ0) is 14.5. The molecule has 6 heteroatoms. The third-order valence-electron chi connectivity index (χ3n) is 3.93. The van der Waals surface area contributed by atoms with Crippen LogP contribution in [0.2, 0.25) is 0 Å². The average molecular weight is 294 g/mol. The normalized spacial score (nSPS) is 22.5. The molecule has 1 aromatic heterocycles.